The smallest absolute Gasteiger partial charge is 0.362 e. The first-order valence-electron chi connectivity index (χ1n) is 8.10. The van der Waals surface area contributed by atoms with Crippen LogP contribution in [0.1, 0.15) is 11.3 Å². The number of aromatic nitrogens is 1. The number of hydrogen-bond acceptors (Lipinski definition) is 4. The number of pyridine rings is 1. The Kier molecular flexibility index (Phi) is 4.99. The summed E-state index contributed by atoms with van der Waals surface area (Å²) in [4.78, 5) is 28.6. The van der Waals surface area contributed by atoms with Crippen LogP contribution in [-0.2, 0) is 12.7 Å². The minimum Gasteiger partial charge on any atom is -0.362 e. The van der Waals surface area contributed by atoms with Crippen LogP contribution in [-0.4, -0.2) is 31.1 Å². The van der Waals surface area contributed by atoms with Gasteiger partial charge in [-0.1, -0.05) is 12.1 Å². The highest BCUT2D eigenvalue weighted by Gasteiger charge is 2.33. The van der Waals surface area contributed by atoms with Crippen molar-refractivity contribution in [2.24, 2.45) is 0 Å². The zero-order valence-electron chi connectivity index (χ0n) is 14.9. The van der Waals surface area contributed by atoms with Gasteiger partial charge in [0.1, 0.15) is 17.2 Å². The number of amides is 4. The van der Waals surface area contributed by atoms with Crippen LogP contribution < -0.4 is 26.2 Å². The molecule has 8 nitrogen and oxygen atoms in total. The first-order chi connectivity index (χ1) is 13.1. The van der Waals surface area contributed by atoms with Crippen molar-refractivity contribution in [2.45, 2.75) is 12.7 Å². The van der Waals surface area contributed by atoms with Crippen molar-refractivity contribution in [3.05, 3.63) is 41.6 Å². The van der Waals surface area contributed by atoms with E-state index in [0.29, 0.717) is 22.6 Å². The van der Waals surface area contributed by atoms with Gasteiger partial charge in [-0.05, 0) is 18.2 Å². The van der Waals surface area contributed by atoms with Gasteiger partial charge in [0, 0.05) is 26.2 Å². The molecule has 0 bridgehead atoms. The number of halogens is 3. The second-order valence-electron chi connectivity index (χ2n) is 6.12. The molecule has 147 valence electrons. The quantitative estimate of drug-likeness (QED) is 0.742. The van der Waals surface area contributed by atoms with Crippen molar-refractivity contribution in [2.75, 3.05) is 29.6 Å². The summed E-state index contributed by atoms with van der Waals surface area (Å²) in [5, 5.41) is 11.4. The highest BCUT2D eigenvalue weighted by molar-refractivity contribution is 6.07. The van der Waals surface area contributed by atoms with Crippen molar-refractivity contribution in [1.29, 1.82) is 0 Å². The lowest BCUT2D eigenvalue weighted by atomic mass is 10.2. The van der Waals surface area contributed by atoms with Gasteiger partial charge in [-0.25, -0.2) is 14.6 Å². The third-order valence-corrected chi connectivity index (χ3v) is 3.85. The molecule has 0 fully saturated rings. The lowest BCUT2D eigenvalue weighted by Crippen LogP contribution is -2.29. The molecule has 0 atom stereocenters. The van der Waals surface area contributed by atoms with Crippen molar-refractivity contribution < 1.29 is 22.8 Å². The Morgan fingerprint density at radius 1 is 1.21 bits per heavy atom. The number of rotatable bonds is 4. The number of urea groups is 2. The third-order valence-electron chi connectivity index (χ3n) is 3.85. The minimum absolute atomic E-state index is 0.0478. The van der Waals surface area contributed by atoms with Crippen molar-refractivity contribution in [3.63, 3.8) is 0 Å². The molecular weight excluding hydrogens is 377 g/mol. The van der Waals surface area contributed by atoms with E-state index in [-0.39, 0.29) is 12.4 Å². The first kappa shape index (κ1) is 19.3. The molecule has 1 aliphatic rings. The van der Waals surface area contributed by atoms with Crippen molar-refractivity contribution in [3.8, 4) is 0 Å². The molecule has 1 radical (unpaired) electrons. The van der Waals surface area contributed by atoms with Crippen LogP contribution in [0.15, 0.2) is 30.3 Å². The van der Waals surface area contributed by atoms with Crippen molar-refractivity contribution >= 4 is 34.9 Å². The number of carbonyl (C=O) groups excluding carboxylic acids is 2. The van der Waals surface area contributed by atoms with E-state index in [0.717, 1.165) is 6.07 Å². The molecule has 4 amide bonds. The Morgan fingerprint density at radius 2 is 1.96 bits per heavy atom. The molecule has 1 aliphatic heterocycles. The molecule has 0 aliphatic carbocycles. The molecule has 11 heteroatoms. The average molecular weight is 393 g/mol. The third kappa shape index (κ3) is 4.08. The van der Waals surface area contributed by atoms with E-state index in [1.165, 1.54) is 11.0 Å². The number of carbonyl (C=O) groups is 2. The van der Waals surface area contributed by atoms with Crippen LogP contribution in [0.5, 0.6) is 0 Å². The summed E-state index contributed by atoms with van der Waals surface area (Å²) in [6, 6.07) is 5.85. The van der Waals surface area contributed by atoms with Crippen molar-refractivity contribution in [1.82, 2.24) is 15.6 Å². The first-order valence-corrected chi connectivity index (χ1v) is 8.10. The Bertz CT molecular complexity index is 930. The normalized spacial score (nSPS) is 12.7. The van der Waals surface area contributed by atoms with Gasteiger partial charge in [0.25, 0.3) is 0 Å². The number of benzene rings is 1. The summed E-state index contributed by atoms with van der Waals surface area (Å²) >= 11 is 0. The van der Waals surface area contributed by atoms with E-state index in [4.69, 9.17) is 0 Å². The zero-order valence-corrected chi connectivity index (χ0v) is 14.9. The van der Waals surface area contributed by atoms with E-state index in [1.807, 2.05) is 0 Å². The lowest BCUT2D eigenvalue weighted by molar-refractivity contribution is -0.141. The molecule has 1 aromatic carbocycles. The molecule has 0 saturated heterocycles. The van der Waals surface area contributed by atoms with E-state index >= 15 is 0 Å². The summed E-state index contributed by atoms with van der Waals surface area (Å²) in [5.74, 6) is 0.0977. The molecule has 3 N–H and O–H groups in total. The molecule has 2 aromatic rings. The fraction of sp³-hybridized carbons (Fsp3) is 0.235. The maximum Gasteiger partial charge on any atom is 0.433 e. The number of nitrogens with one attached hydrogen (secondary N) is 3. The van der Waals surface area contributed by atoms with Gasteiger partial charge < -0.3 is 20.9 Å². The highest BCUT2D eigenvalue weighted by atomic mass is 19.4. The summed E-state index contributed by atoms with van der Waals surface area (Å²) in [7, 11) is 3.12. The molecule has 2 heterocycles. The van der Waals surface area contributed by atoms with Crippen LogP contribution >= 0.6 is 0 Å². The largest absolute Gasteiger partial charge is 0.433 e. The fourth-order valence-corrected chi connectivity index (χ4v) is 2.61. The lowest BCUT2D eigenvalue weighted by Gasteiger charge is -2.18. The van der Waals surface area contributed by atoms with Crippen LogP contribution in [0.2, 0.25) is 0 Å². The molecule has 1 aromatic heterocycles. The Hall–Kier alpha value is -3.50. The summed E-state index contributed by atoms with van der Waals surface area (Å²) in [6.45, 7) is -0.0478. The summed E-state index contributed by atoms with van der Waals surface area (Å²) in [6.07, 6.45) is -4.56. The molecule has 28 heavy (non-hydrogen) atoms. The molecule has 0 spiro atoms. The van der Waals surface area contributed by atoms with Gasteiger partial charge in [-0.15, -0.1) is 0 Å². The van der Waals surface area contributed by atoms with Gasteiger partial charge in [-0.2, -0.15) is 18.5 Å². The second-order valence-corrected chi connectivity index (χ2v) is 6.12. The number of alkyl halides is 3. The standard InChI is InChI=1S/C17H16F3N6O2/c1-26(2)14-9(6-7-12(24-14)17(18,19)20)8-21-15(27)22-10-4-3-5-11-13(10)25-16(28)23-11/h3-7H,8H2,1-2H3,(H,23,28)(H2,21,22,27). The minimum atomic E-state index is -4.56. The van der Waals surface area contributed by atoms with Crippen LogP contribution in [0, 0.1) is 0 Å². The van der Waals surface area contributed by atoms with E-state index < -0.39 is 23.9 Å². The molecule has 0 unspecified atom stereocenters. The maximum absolute atomic E-state index is 12.9. The van der Waals surface area contributed by atoms with Gasteiger partial charge in [-0.3, -0.25) is 0 Å². The number of para-hydroxylation sites is 1. The van der Waals surface area contributed by atoms with Crippen LogP contribution in [0.4, 0.5) is 45.6 Å². The second kappa shape index (κ2) is 7.25. The molecular formula is C17H16F3N6O2. The van der Waals surface area contributed by atoms with E-state index in [1.54, 1.807) is 32.3 Å². The van der Waals surface area contributed by atoms with Crippen LogP contribution in [0.3, 0.4) is 0 Å². The van der Waals surface area contributed by atoms with E-state index in [9.17, 15) is 22.8 Å². The predicted molar refractivity (Wildman–Crippen MR) is 96.7 cm³/mol. The number of anilines is 3. The highest BCUT2D eigenvalue weighted by Crippen LogP contribution is 2.34. The monoisotopic (exact) mass is 393 g/mol. The SMILES string of the molecule is CN(C)c1nc(C(F)(F)F)ccc1CNC(=O)Nc1cccc2c1[N]C(=O)N2. The number of fused-ring (bicyclic) bond motifs is 1. The average Bonchev–Trinajstić information content (AvgIpc) is 3.00. The van der Waals surface area contributed by atoms with E-state index in [2.05, 4.69) is 26.3 Å². The van der Waals surface area contributed by atoms with Crippen LogP contribution in [0.25, 0.3) is 0 Å². The fourth-order valence-electron chi connectivity index (χ4n) is 2.61. The predicted octanol–water partition coefficient (Wildman–Crippen LogP) is 3.27. The Labute approximate surface area is 158 Å². The number of hydrogen-bond donors (Lipinski definition) is 3. The number of nitrogens with zero attached hydrogens (tertiary/aromatic N) is 3. The summed E-state index contributed by atoms with van der Waals surface area (Å²) in [5.41, 5.74) is 0.514. The maximum atomic E-state index is 12.9. The zero-order chi connectivity index (χ0) is 20.5. The summed E-state index contributed by atoms with van der Waals surface area (Å²) < 4.78 is 38.6. The van der Waals surface area contributed by atoms with Gasteiger partial charge >= 0.3 is 18.2 Å². The topological polar surface area (TPSA) is 100 Å². The Morgan fingerprint density at radius 3 is 2.64 bits per heavy atom. The van der Waals surface area contributed by atoms with Gasteiger partial charge in [0.05, 0.1) is 11.4 Å². The van der Waals surface area contributed by atoms with Gasteiger partial charge in [0.15, 0.2) is 0 Å². The van der Waals surface area contributed by atoms with Gasteiger partial charge in [0.2, 0.25) is 0 Å². The molecule has 3 rings (SSSR count). The Balaban J connectivity index is 1.70. The molecule has 0 saturated carbocycles.